The molecule has 0 bridgehead atoms. The maximum absolute atomic E-state index is 13.0. The normalized spacial score (nSPS) is 12.4. The molecule has 1 N–H and O–H groups in total. The van der Waals surface area contributed by atoms with Gasteiger partial charge < -0.3 is 4.98 Å². The number of nitrogens with one attached hydrogen (secondary N) is 1. The quantitative estimate of drug-likeness (QED) is 0.466. The van der Waals surface area contributed by atoms with Crippen LogP contribution in [0.1, 0.15) is 21.8 Å². The Hall–Kier alpha value is -2.11. The van der Waals surface area contributed by atoms with E-state index in [2.05, 4.69) is 20.2 Å². The molecule has 4 aromatic heterocycles. The number of aromatic nitrogens is 5. The van der Waals surface area contributed by atoms with E-state index in [1.807, 2.05) is 13.8 Å². The third-order valence-corrected chi connectivity index (χ3v) is 6.52. The number of halogens is 4. The molecule has 4 rings (SSSR count). The molecule has 12 heteroatoms. The Morgan fingerprint density at radius 3 is 2.79 bits per heavy atom. The number of thioether (sulfide) groups is 1. The minimum Gasteiger partial charge on any atom is -0.309 e. The largest absolute Gasteiger partial charge is 0.417 e. The van der Waals surface area contributed by atoms with E-state index >= 15 is 0 Å². The van der Waals surface area contributed by atoms with Gasteiger partial charge in [-0.3, -0.25) is 9.20 Å². The average Bonchev–Trinajstić information content (AvgIpc) is 3.14. The van der Waals surface area contributed by atoms with Crippen LogP contribution in [0.25, 0.3) is 15.9 Å². The van der Waals surface area contributed by atoms with E-state index in [0.717, 1.165) is 34.5 Å². The summed E-state index contributed by atoms with van der Waals surface area (Å²) in [6.45, 7) is 3.78. The maximum Gasteiger partial charge on any atom is 0.417 e. The molecule has 4 heterocycles. The number of nitrogens with zero attached hydrogens (tertiary/aromatic N) is 4. The number of pyridine rings is 1. The van der Waals surface area contributed by atoms with Gasteiger partial charge in [0.15, 0.2) is 10.8 Å². The van der Waals surface area contributed by atoms with Gasteiger partial charge in [0.25, 0.3) is 5.56 Å². The first kappa shape index (κ1) is 19.2. The zero-order valence-corrected chi connectivity index (χ0v) is 16.8. The number of thiophene rings is 1. The van der Waals surface area contributed by atoms with Crippen molar-refractivity contribution in [2.45, 2.75) is 30.9 Å². The van der Waals surface area contributed by atoms with E-state index in [1.165, 1.54) is 15.7 Å². The fraction of sp³-hybridized carbons (Fsp3) is 0.250. The Morgan fingerprint density at radius 1 is 1.32 bits per heavy atom. The molecule has 6 nitrogen and oxygen atoms in total. The summed E-state index contributed by atoms with van der Waals surface area (Å²) in [6.07, 6.45) is -3.65. The molecule has 146 valence electrons. The Labute approximate surface area is 168 Å². The summed E-state index contributed by atoms with van der Waals surface area (Å²) in [4.78, 5) is 21.1. The maximum atomic E-state index is 13.0. The predicted octanol–water partition coefficient (Wildman–Crippen LogP) is 4.61. The second-order valence-corrected chi connectivity index (χ2v) is 8.57. The van der Waals surface area contributed by atoms with E-state index < -0.39 is 11.7 Å². The van der Waals surface area contributed by atoms with Crippen LogP contribution in [0.5, 0.6) is 0 Å². The van der Waals surface area contributed by atoms with Gasteiger partial charge in [0.2, 0.25) is 0 Å². The number of rotatable bonds is 3. The molecule has 28 heavy (non-hydrogen) atoms. The van der Waals surface area contributed by atoms with E-state index in [1.54, 1.807) is 0 Å². The van der Waals surface area contributed by atoms with Gasteiger partial charge in [0.05, 0.1) is 21.7 Å². The van der Waals surface area contributed by atoms with Gasteiger partial charge >= 0.3 is 6.18 Å². The Kier molecular flexibility index (Phi) is 4.63. The van der Waals surface area contributed by atoms with Gasteiger partial charge in [-0.05, 0) is 25.5 Å². The molecule has 0 amide bonds. The van der Waals surface area contributed by atoms with Crippen molar-refractivity contribution in [3.8, 4) is 0 Å². The summed E-state index contributed by atoms with van der Waals surface area (Å²) in [5, 5.41) is 8.37. The molecule has 0 radical (unpaired) electrons. The van der Waals surface area contributed by atoms with Crippen LogP contribution in [0.15, 0.2) is 22.2 Å². The smallest absolute Gasteiger partial charge is 0.309 e. The van der Waals surface area contributed by atoms with Crippen molar-refractivity contribution >= 4 is 50.6 Å². The van der Waals surface area contributed by atoms with Crippen molar-refractivity contribution < 1.29 is 13.2 Å². The van der Waals surface area contributed by atoms with E-state index in [4.69, 9.17) is 11.6 Å². The standard InChI is InChI=1S/C16H11ClF3N5OS2/c1-6-7(2)28-14-11(6)13(26)21-10(22-14)5-27-15-24-23-12-9(17)3-8(4-25(12)15)16(18,19)20/h3-4H,5H2,1-2H3,(H,21,22,26). The van der Waals surface area contributed by atoms with Crippen molar-refractivity contribution in [3.05, 3.63) is 49.5 Å². The Morgan fingerprint density at radius 2 is 2.07 bits per heavy atom. The first-order valence-electron chi connectivity index (χ1n) is 7.88. The second kappa shape index (κ2) is 6.75. The minimum absolute atomic E-state index is 0.124. The third kappa shape index (κ3) is 3.27. The molecular weight excluding hydrogens is 435 g/mol. The van der Waals surface area contributed by atoms with Gasteiger partial charge in [-0.25, -0.2) is 4.98 Å². The molecule has 0 saturated heterocycles. The van der Waals surface area contributed by atoms with Crippen LogP contribution in [0.4, 0.5) is 13.2 Å². The number of hydrogen-bond acceptors (Lipinski definition) is 6. The lowest BCUT2D eigenvalue weighted by Gasteiger charge is -2.08. The summed E-state index contributed by atoms with van der Waals surface area (Å²) in [7, 11) is 0. The van der Waals surface area contributed by atoms with Crippen molar-refractivity contribution in [1.29, 1.82) is 0 Å². The molecular formula is C16H11ClF3N5OS2. The molecule has 0 aliphatic carbocycles. The van der Waals surface area contributed by atoms with Crippen LogP contribution in [0, 0.1) is 13.8 Å². The summed E-state index contributed by atoms with van der Waals surface area (Å²) in [6, 6.07) is 0.814. The number of H-pyrrole nitrogens is 1. The second-order valence-electron chi connectivity index (χ2n) is 6.02. The average molecular weight is 446 g/mol. The van der Waals surface area contributed by atoms with Crippen LogP contribution in [0.2, 0.25) is 5.02 Å². The molecule has 0 saturated carbocycles. The molecule has 0 aliphatic rings. The Bertz CT molecular complexity index is 1280. The highest BCUT2D eigenvalue weighted by molar-refractivity contribution is 7.98. The van der Waals surface area contributed by atoms with Gasteiger partial charge in [-0.1, -0.05) is 23.4 Å². The number of aromatic amines is 1. The van der Waals surface area contributed by atoms with Crippen LogP contribution >= 0.6 is 34.7 Å². The van der Waals surface area contributed by atoms with Gasteiger partial charge in [-0.2, -0.15) is 13.2 Å². The number of aryl methyl sites for hydroxylation is 2. The van der Waals surface area contributed by atoms with Crippen molar-refractivity contribution in [2.75, 3.05) is 0 Å². The third-order valence-electron chi connectivity index (χ3n) is 4.18. The van der Waals surface area contributed by atoms with E-state index in [-0.39, 0.29) is 27.1 Å². The predicted molar refractivity (Wildman–Crippen MR) is 102 cm³/mol. The zero-order chi connectivity index (χ0) is 20.2. The summed E-state index contributed by atoms with van der Waals surface area (Å²) >= 11 is 8.44. The highest BCUT2D eigenvalue weighted by atomic mass is 35.5. The lowest BCUT2D eigenvalue weighted by atomic mass is 10.2. The summed E-state index contributed by atoms with van der Waals surface area (Å²) in [5.74, 6) is 0.606. The summed E-state index contributed by atoms with van der Waals surface area (Å²) < 4.78 is 40.3. The SMILES string of the molecule is Cc1sc2nc(CSc3nnc4c(Cl)cc(C(F)(F)F)cn34)[nH]c(=O)c2c1C. The lowest BCUT2D eigenvalue weighted by molar-refractivity contribution is -0.137. The molecule has 0 aromatic carbocycles. The minimum atomic E-state index is -4.54. The van der Waals surface area contributed by atoms with Crippen molar-refractivity contribution in [1.82, 2.24) is 24.6 Å². The lowest BCUT2D eigenvalue weighted by Crippen LogP contribution is -2.11. The van der Waals surface area contributed by atoms with E-state index in [0.29, 0.717) is 16.0 Å². The van der Waals surface area contributed by atoms with Gasteiger partial charge in [-0.15, -0.1) is 21.5 Å². The highest BCUT2D eigenvalue weighted by Gasteiger charge is 2.32. The topological polar surface area (TPSA) is 75.9 Å². The van der Waals surface area contributed by atoms with Crippen molar-refractivity contribution in [2.24, 2.45) is 0 Å². The van der Waals surface area contributed by atoms with E-state index in [9.17, 15) is 18.0 Å². The Balaban J connectivity index is 1.69. The fourth-order valence-electron chi connectivity index (χ4n) is 2.69. The van der Waals surface area contributed by atoms with Crippen LogP contribution in [0.3, 0.4) is 0 Å². The zero-order valence-electron chi connectivity index (χ0n) is 14.4. The van der Waals surface area contributed by atoms with Crippen LogP contribution in [-0.4, -0.2) is 24.6 Å². The molecule has 4 aromatic rings. The van der Waals surface area contributed by atoms with Crippen molar-refractivity contribution in [3.63, 3.8) is 0 Å². The first-order valence-corrected chi connectivity index (χ1v) is 10.1. The highest BCUT2D eigenvalue weighted by Crippen LogP contribution is 2.33. The van der Waals surface area contributed by atoms with Gasteiger partial charge in [0, 0.05) is 11.1 Å². The number of fused-ring (bicyclic) bond motifs is 2. The molecule has 0 fully saturated rings. The summed E-state index contributed by atoms with van der Waals surface area (Å²) in [5.41, 5.74) is -0.121. The number of hydrogen-bond donors (Lipinski definition) is 1. The fourth-order valence-corrected chi connectivity index (χ4v) is 4.76. The van der Waals surface area contributed by atoms with Crippen LogP contribution < -0.4 is 5.56 Å². The molecule has 0 unspecified atom stereocenters. The number of alkyl halides is 3. The molecule has 0 aliphatic heterocycles. The van der Waals surface area contributed by atoms with Crippen LogP contribution in [-0.2, 0) is 11.9 Å². The molecule has 0 atom stereocenters. The van der Waals surface area contributed by atoms with Gasteiger partial charge in [0.1, 0.15) is 10.7 Å². The monoisotopic (exact) mass is 445 g/mol. The first-order chi connectivity index (χ1) is 13.1. The molecule has 0 spiro atoms.